The molecule has 0 aliphatic heterocycles. The molecular formula is C41H66NP. The average molecular weight is 604 g/mol. The minimum Gasteiger partial charge on any atom is -0.345 e. The molecule has 0 bridgehead atoms. The van der Waals surface area contributed by atoms with Crippen LogP contribution in [0.3, 0.4) is 0 Å². The fourth-order valence-electron chi connectivity index (χ4n) is 5.90. The highest BCUT2D eigenvalue weighted by Gasteiger charge is 2.12. The largest absolute Gasteiger partial charge is 0.345 e. The van der Waals surface area contributed by atoms with E-state index in [0.29, 0.717) is 0 Å². The second-order valence-electron chi connectivity index (χ2n) is 11.7. The number of rotatable bonds is 11. The molecule has 1 aliphatic carbocycles. The molecule has 0 saturated heterocycles. The third kappa shape index (κ3) is 15.7. The number of hydrogen-bond acceptors (Lipinski definition) is 0. The van der Waals surface area contributed by atoms with E-state index >= 15 is 0 Å². The van der Waals surface area contributed by atoms with Crippen LogP contribution in [0, 0.1) is 26.7 Å². The Bertz CT molecular complexity index is 1180. The van der Waals surface area contributed by atoms with Crippen molar-refractivity contribution in [2.45, 2.75) is 133 Å². The molecule has 1 nitrogen and oxygen atoms in total. The molecule has 0 unspecified atom stereocenters. The van der Waals surface area contributed by atoms with E-state index in [2.05, 4.69) is 115 Å². The summed E-state index contributed by atoms with van der Waals surface area (Å²) < 4.78 is 2.42. The fourth-order valence-corrected chi connectivity index (χ4v) is 7.03. The molecule has 2 aromatic rings. The summed E-state index contributed by atoms with van der Waals surface area (Å²) in [6, 6.07) is 8.86. The lowest BCUT2D eigenvalue weighted by Gasteiger charge is -2.21. The van der Waals surface area contributed by atoms with Gasteiger partial charge in [0.25, 0.3) is 0 Å². The lowest BCUT2D eigenvalue weighted by molar-refractivity contribution is 0.332. The maximum absolute atomic E-state index is 4.01. The van der Waals surface area contributed by atoms with E-state index in [-0.39, 0.29) is 0 Å². The molecule has 1 aromatic heterocycles. The second-order valence-corrected chi connectivity index (χ2v) is 13.2. The van der Waals surface area contributed by atoms with Gasteiger partial charge in [0.1, 0.15) is 0 Å². The van der Waals surface area contributed by atoms with Crippen molar-refractivity contribution in [2.24, 2.45) is 5.92 Å². The van der Waals surface area contributed by atoms with E-state index in [9.17, 15) is 0 Å². The van der Waals surface area contributed by atoms with Gasteiger partial charge in [-0.25, -0.2) is 0 Å². The van der Waals surface area contributed by atoms with Crippen LogP contribution in [0.2, 0.25) is 0 Å². The van der Waals surface area contributed by atoms with Gasteiger partial charge in [0.05, 0.1) is 0 Å². The van der Waals surface area contributed by atoms with Gasteiger partial charge in [0.15, 0.2) is 0 Å². The first kappa shape index (κ1) is 40.5. The molecule has 0 amide bonds. The Kier molecular flexibility index (Phi) is 22.5. The van der Waals surface area contributed by atoms with Crippen molar-refractivity contribution >= 4 is 30.6 Å². The Morgan fingerprint density at radius 1 is 1.00 bits per heavy atom. The quantitative estimate of drug-likeness (QED) is 0.137. The van der Waals surface area contributed by atoms with E-state index in [0.717, 1.165) is 25.3 Å². The monoisotopic (exact) mass is 603 g/mol. The van der Waals surface area contributed by atoms with Crippen LogP contribution in [0.5, 0.6) is 0 Å². The molecule has 3 rings (SSSR count). The number of benzene rings is 1. The summed E-state index contributed by atoms with van der Waals surface area (Å²) in [7, 11) is -0.450. The van der Waals surface area contributed by atoms with Gasteiger partial charge in [-0.2, -0.15) is 0 Å². The maximum atomic E-state index is 4.01. The molecule has 1 aromatic carbocycles. The van der Waals surface area contributed by atoms with Crippen molar-refractivity contribution in [3.8, 4) is 0 Å². The SMILES string of the molecule is C=C(C)CCCC1CCCCC1.C=C/C=C\C(=C/C)c1ccc(CC)n1CCC.C=P(=C)c1c(C)cc(C)cc1C.CC. The Labute approximate surface area is 268 Å². The molecule has 1 heterocycles. The first-order valence-electron chi connectivity index (χ1n) is 16.9. The molecule has 0 atom stereocenters. The Morgan fingerprint density at radius 3 is 2.07 bits per heavy atom. The number of hydrogen-bond donors (Lipinski definition) is 0. The zero-order chi connectivity index (χ0) is 32.8. The molecule has 1 saturated carbocycles. The summed E-state index contributed by atoms with van der Waals surface area (Å²) in [5, 5.41) is 1.36. The van der Waals surface area contributed by atoms with Crippen LogP contribution >= 0.6 is 7.17 Å². The molecular weight excluding hydrogens is 537 g/mol. The molecule has 240 valence electrons. The highest BCUT2D eigenvalue weighted by atomic mass is 31.1. The van der Waals surface area contributed by atoms with E-state index in [4.69, 9.17) is 0 Å². The second kappa shape index (κ2) is 23.9. The molecule has 0 radical (unpaired) electrons. The average Bonchev–Trinajstić information content (AvgIpc) is 3.37. The zero-order valence-electron chi connectivity index (χ0n) is 29.7. The normalized spacial score (nSPS) is 13.2. The van der Waals surface area contributed by atoms with Gasteiger partial charge in [-0.15, -0.1) is 13.7 Å². The predicted molar refractivity (Wildman–Crippen MR) is 205 cm³/mol. The van der Waals surface area contributed by atoms with Crippen LogP contribution < -0.4 is 5.30 Å². The molecule has 1 aliphatic rings. The van der Waals surface area contributed by atoms with E-state index < -0.39 is 7.17 Å². The van der Waals surface area contributed by atoms with Gasteiger partial charge < -0.3 is 4.57 Å². The van der Waals surface area contributed by atoms with Gasteiger partial charge in [-0.3, -0.25) is 0 Å². The van der Waals surface area contributed by atoms with Crippen LogP contribution in [-0.4, -0.2) is 17.2 Å². The molecule has 43 heavy (non-hydrogen) atoms. The molecule has 0 spiro atoms. The summed E-state index contributed by atoms with van der Waals surface area (Å²) in [5.74, 6) is 1.05. The predicted octanol–water partition coefficient (Wildman–Crippen LogP) is 12.5. The van der Waals surface area contributed by atoms with Crippen LogP contribution in [0.4, 0.5) is 0 Å². The third-order valence-corrected chi connectivity index (χ3v) is 9.13. The maximum Gasteiger partial charge on any atom is 0.0479 e. The standard InChI is InChI=1S/C16H23N.C12H22.C11H15P.C2H6/c1-5-9-10-14(7-3)16-12-11-15(8-4)17(16)13-6-2;1-11(2)7-6-10-12-8-4-3-5-9-12;1-8-6-9(2)11(12(4)5)10(3)7-8;1-2/h5,7,9-12H,1,6,8,13H2,2-4H3;12H,1,3-10H2,2H3;6-7H,4-5H2,1-3H3;1-2H3/b10-9-,14-7+;;;. The Balaban J connectivity index is 0.000000610. The number of nitrogens with zero attached hydrogens (tertiary/aromatic N) is 1. The van der Waals surface area contributed by atoms with Crippen LogP contribution in [0.25, 0.3) is 5.57 Å². The van der Waals surface area contributed by atoms with Crippen LogP contribution in [0.1, 0.15) is 127 Å². The van der Waals surface area contributed by atoms with E-state index in [1.807, 2.05) is 26.0 Å². The third-order valence-electron chi connectivity index (χ3n) is 7.79. The van der Waals surface area contributed by atoms with Crippen molar-refractivity contribution in [3.05, 3.63) is 95.4 Å². The minimum atomic E-state index is -0.450. The van der Waals surface area contributed by atoms with Gasteiger partial charge >= 0.3 is 0 Å². The molecule has 2 heteroatoms. The van der Waals surface area contributed by atoms with Gasteiger partial charge in [0, 0.05) is 23.2 Å². The summed E-state index contributed by atoms with van der Waals surface area (Å²) in [6.45, 7) is 27.8. The molecule has 0 N–H and O–H groups in total. The number of aromatic nitrogens is 1. The minimum absolute atomic E-state index is 0.450. The van der Waals surface area contributed by atoms with Gasteiger partial charge in [0.2, 0.25) is 0 Å². The zero-order valence-corrected chi connectivity index (χ0v) is 30.6. The topological polar surface area (TPSA) is 4.93 Å². The van der Waals surface area contributed by atoms with E-state index in [1.54, 1.807) is 0 Å². The highest BCUT2D eigenvalue weighted by Crippen LogP contribution is 2.28. The summed E-state index contributed by atoms with van der Waals surface area (Å²) in [5.41, 5.74) is 9.33. The van der Waals surface area contributed by atoms with Crippen LogP contribution in [-0.2, 0) is 13.0 Å². The Hall–Kier alpha value is -2.50. The summed E-state index contributed by atoms with van der Waals surface area (Å²) >= 11 is 0. The van der Waals surface area contributed by atoms with E-state index in [1.165, 1.54) is 95.9 Å². The number of aryl methyl sites for hydroxylation is 4. The van der Waals surface area contributed by atoms with Gasteiger partial charge in [-0.05, 0) is 95.1 Å². The first-order valence-corrected chi connectivity index (χ1v) is 18.6. The van der Waals surface area contributed by atoms with Crippen molar-refractivity contribution in [1.29, 1.82) is 0 Å². The van der Waals surface area contributed by atoms with Crippen molar-refractivity contribution in [2.75, 3.05) is 0 Å². The lowest BCUT2D eigenvalue weighted by Crippen LogP contribution is -2.05. The van der Waals surface area contributed by atoms with Crippen LogP contribution in [0.15, 0.2) is 67.3 Å². The highest BCUT2D eigenvalue weighted by molar-refractivity contribution is 7.62. The smallest absolute Gasteiger partial charge is 0.0479 e. The first-order chi connectivity index (χ1) is 20.6. The van der Waals surface area contributed by atoms with Gasteiger partial charge in [-0.1, -0.05) is 133 Å². The lowest BCUT2D eigenvalue weighted by atomic mass is 9.85. The summed E-state index contributed by atoms with van der Waals surface area (Å²) in [6.07, 6.45) is 29.9. The van der Waals surface area contributed by atoms with Crippen molar-refractivity contribution in [1.82, 2.24) is 4.57 Å². The van der Waals surface area contributed by atoms with Crippen molar-refractivity contribution < 1.29 is 0 Å². The molecule has 1 fully saturated rings. The Morgan fingerprint density at radius 2 is 1.60 bits per heavy atom. The summed E-state index contributed by atoms with van der Waals surface area (Å²) in [4.78, 5) is 0. The number of allylic oxidation sites excluding steroid dienone is 6. The van der Waals surface area contributed by atoms with Crippen molar-refractivity contribution in [3.63, 3.8) is 0 Å². The fraction of sp³-hybridized carbons (Fsp3) is 0.512.